The lowest BCUT2D eigenvalue weighted by molar-refractivity contribution is -0.118. The number of amidine groups is 1. The molecule has 0 aromatic heterocycles. The summed E-state index contributed by atoms with van der Waals surface area (Å²) >= 11 is 0. The van der Waals surface area contributed by atoms with Crippen LogP contribution in [0.15, 0.2) is 59.6 Å². The fraction of sp³-hybridized carbons (Fsp3) is 0.118. The fourth-order valence-electron chi connectivity index (χ4n) is 2.24. The van der Waals surface area contributed by atoms with Crippen molar-refractivity contribution in [3.05, 3.63) is 66.0 Å². The lowest BCUT2D eigenvalue weighted by atomic mass is 10.2. The molecule has 3 rings (SSSR count). The molecule has 0 saturated heterocycles. The third-order valence-corrected chi connectivity index (χ3v) is 3.41. The fourth-order valence-corrected chi connectivity index (χ4v) is 2.24. The molecule has 0 atom stereocenters. The second-order valence-electron chi connectivity index (χ2n) is 5.15. The maximum atomic E-state index is 13.1. The van der Waals surface area contributed by atoms with E-state index in [9.17, 15) is 14.0 Å². The second kappa shape index (κ2) is 6.91. The number of anilines is 1. The first kappa shape index (κ1) is 15.7. The monoisotopic (exact) mass is 326 g/mol. The number of nitrogens with one attached hydrogen (secondary N) is 2. The number of hydrogen-bond donors (Lipinski definition) is 2. The SMILES string of the molecule is O=C(NCc1cccc(F)c1)C1=NCC(=O)N(c2ccccc2)N1. The number of amides is 2. The van der Waals surface area contributed by atoms with Gasteiger partial charge in [0.1, 0.15) is 12.4 Å². The first-order valence-corrected chi connectivity index (χ1v) is 7.35. The molecule has 2 amide bonds. The number of carbonyl (C=O) groups excluding carboxylic acids is 2. The van der Waals surface area contributed by atoms with Crippen molar-refractivity contribution in [2.24, 2.45) is 4.99 Å². The standard InChI is InChI=1S/C17H15FN4O2/c18-13-6-4-5-12(9-13)10-20-17(24)16-19-11-15(23)22(21-16)14-7-2-1-3-8-14/h1-9H,10-11H2,(H,19,21)(H,20,24). The summed E-state index contributed by atoms with van der Waals surface area (Å²) in [4.78, 5) is 28.1. The molecule has 2 aromatic rings. The van der Waals surface area contributed by atoms with E-state index in [1.807, 2.05) is 6.07 Å². The Bertz CT molecular complexity index is 792. The molecule has 1 heterocycles. The van der Waals surface area contributed by atoms with Crippen LogP contribution in [-0.4, -0.2) is 24.2 Å². The van der Waals surface area contributed by atoms with Crippen LogP contribution in [0.3, 0.4) is 0 Å². The highest BCUT2D eigenvalue weighted by Crippen LogP contribution is 2.13. The Hall–Kier alpha value is -3.22. The number of carbonyl (C=O) groups is 2. The molecule has 6 nitrogen and oxygen atoms in total. The van der Waals surface area contributed by atoms with E-state index in [4.69, 9.17) is 0 Å². The summed E-state index contributed by atoms with van der Waals surface area (Å²) in [6.45, 7) is 0.0428. The van der Waals surface area contributed by atoms with E-state index in [1.54, 1.807) is 36.4 Å². The quantitative estimate of drug-likeness (QED) is 0.892. The molecule has 7 heteroatoms. The highest BCUT2D eigenvalue weighted by atomic mass is 19.1. The van der Waals surface area contributed by atoms with Gasteiger partial charge in [-0.2, -0.15) is 0 Å². The number of aliphatic imine (C=N–C) groups is 1. The van der Waals surface area contributed by atoms with Gasteiger partial charge >= 0.3 is 0 Å². The third-order valence-electron chi connectivity index (χ3n) is 3.41. The molecule has 0 aliphatic carbocycles. The van der Waals surface area contributed by atoms with Crippen molar-refractivity contribution in [3.63, 3.8) is 0 Å². The van der Waals surface area contributed by atoms with Gasteiger partial charge in [0, 0.05) is 6.54 Å². The maximum Gasteiger partial charge on any atom is 0.288 e. The highest BCUT2D eigenvalue weighted by molar-refractivity contribution is 6.39. The molecule has 1 aliphatic rings. The highest BCUT2D eigenvalue weighted by Gasteiger charge is 2.25. The largest absolute Gasteiger partial charge is 0.345 e. The van der Waals surface area contributed by atoms with Crippen LogP contribution in [0.2, 0.25) is 0 Å². The van der Waals surface area contributed by atoms with E-state index in [-0.39, 0.29) is 30.6 Å². The van der Waals surface area contributed by atoms with Crippen LogP contribution in [0.4, 0.5) is 10.1 Å². The Morgan fingerprint density at radius 2 is 2.00 bits per heavy atom. The van der Waals surface area contributed by atoms with Crippen LogP contribution < -0.4 is 15.8 Å². The van der Waals surface area contributed by atoms with Gasteiger partial charge in [-0.25, -0.2) is 9.40 Å². The van der Waals surface area contributed by atoms with E-state index in [1.165, 1.54) is 17.1 Å². The van der Waals surface area contributed by atoms with Crippen molar-refractivity contribution in [2.45, 2.75) is 6.54 Å². The molecule has 0 radical (unpaired) electrons. The van der Waals surface area contributed by atoms with E-state index in [0.717, 1.165) is 0 Å². The minimum absolute atomic E-state index is 0.0369. The van der Waals surface area contributed by atoms with Crippen molar-refractivity contribution < 1.29 is 14.0 Å². The molecule has 24 heavy (non-hydrogen) atoms. The van der Waals surface area contributed by atoms with Crippen LogP contribution in [0.25, 0.3) is 0 Å². The zero-order valence-corrected chi connectivity index (χ0v) is 12.7. The van der Waals surface area contributed by atoms with Gasteiger partial charge in [0.2, 0.25) is 5.84 Å². The summed E-state index contributed by atoms with van der Waals surface area (Å²) in [5.41, 5.74) is 3.97. The number of nitrogens with zero attached hydrogens (tertiary/aromatic N) is 2. The summed E-state index contributed by atoms with van der Waals surface area (Å²) < 4.78 is 13.1. The Morgan fingerprint density at radius 3 is 2.75 bits per heavy atom. The predicted octanol–water partition coefficient (Wildman–Crippen LogP) is 1.39. The predicted molar refractivity (Wildman–Crippen MR) is 87.6 cm³/mol. The minimum Gasteiger partial charge on any atom is -0.345 e. The van der Waals surface area contributed by atoms with Crippen molar-refractivity contribution in [1.82, 2.24) is 10.7 Å². The van der Waals surface area contributed by atoms with Gasteiger partial charge in [-0.3, -0.25) is 20.0 Å². The van der Waals surface area contributed by atoms with Crippen molar-refractivity contribution >= 4 is 23.3 Å². The lowest BCUT2D eigenvalue weighted by Gasteiger charge is -2.27. The molecular formula is C17H15FN4O2. The molecule has 2 aromatic carbocycles. The normalized spacial score (nSPS) is 14.0. The average Bonchev–Trinajstić information content (AvgIpc) is 2.61. The van der Waals surface area contributed by atoms with Gasteiger partial charge in [-0.05, 0) is 29.8 Å². The number of rotatable bonds is 4. The molecule has 0 saturated carbocycles. The number of hydrazine groups is 1. The van der Waals surface area contributed by atoms with Crippen molar-refractivity contribution in [1.29, 1.82) is 0 Å². The van der Waals surface area contributed by atoms with Crippen molar-refractivity contribution in [2.75, 3.05) is 11.6 Å². The lowest BCUT2D eigenvalue weighted by Crippen LogP contribution is -2.55. The number of hydrogen-bond acceptors (Lipinski definition) is 4. The average molecular weight is 326 g/mol. The summed E-state index contributed by atoms with van der Waals surface area (Å²) in [5.74, 6) is -1.05. The maximum absolute atomic E-state index is 13.1. The number of benzene rings is 2. The Labute approximate surface area is 138 Å². The molecular weight excluding hydrogens is 311 g/mol. The van der Waals surface area contributed by atoms with E-state index in [0.29, 0.717) is 11.3 Å². The number of halogens is 1. The van der Waals surface area contributed by atoms with Crippen LogP contribution in [-0.2, 0) is 16.1 Å². The molecule has 0 unspecified atom stereocenters. The molecule has 2 N–H and O–H groups in total. The van der Waals surface area contributed by atoms with Crippen molar-refractivity contribution in [3.8, 4) is 0 Å². The minimum atomic E-state index is -0.465. The summed E-state index contributed by atoms with van der Waals surface area (Å²) in [6.07, 6.45) is 0. The summed E-state index contributed by atoms with van der Waals surface area (Å²) in [7, 11) is 0. The van der Waals surface area contributed by atoms with E-state index in [2.05, 4.69) is 15.7 Å². The van der Waals surface area contributed by atoms with Crippen LogP contribution in [0.1, 0.15) is 5.56 Å². The van der Waals surface area contributed by atoms with Crippen LogP contribution >= 0.6 is 0 Å². The Morgan fingerprint density at radius 1 is 1.21 bits per heavy atom. The van der Waals surface area contributed by atoms with Gasteiger partial charge in [-0.1, -0.05) is 30.3 Å². The summed E-state index contributed by atoms with van der Waals surface area (Å²) in [6, 6.07) is 14.9. The van der Waals surface area contributed by atoms with Gasteiger partial charge in [0.05, 0.1) is 5.69 Å². The van der Waals surface area contributed by atoms with Crippen LogP contribution in [0, 0.1) is 5.82 Å². The molecule has 0 spiro atoms. The zero-order chi connectivity index (χ0) is 16.9. The smallest absolute Gasteiger partial charge is 0.288 e. The third kappa shape index (κ3) is 3.57. The first-order valence-electron chi connectivity index (χ1n) is 7.35. The van der Waals surface area contributed by atoms with Crippen LogP contribution in [0.5, 0.6) is 0 Å². The topological polar surface area (TPSA) is 73.8 Å². The van der Waals surface area contributed by atoms with Gasteiger partial charge in [0.15, 0.2) is 0 Å². The Balaban J connectivity index is 1.66. The molecule has 0 bridgehead atoms. The van der Waals surface area contributed by atoms with Gasteiger partial charge < -0.3 is 5.32 Å². The number of para-hydroxylation sites is 1. The molecule has 122 valence electrons. The zero-order valence-electron chi connectivity index (χ0n) is 12.7. The molecule has 1 aliphatic heterocycles. The Kier molecular flexibility index (Phi) is 4.51. The first-order chi connectivity index (χ1) is 11.6. The second-order valence-corrected chi connectivity index (χ2v) is 5.15. The summed E-state index contributed by atoms with van der Waals surface area (Å²) in [5, 5.41) is 3.93. The van der Waals surface area contributed by atoms with Gasteiger partial charge in [-0.15, -0.1) is 0 Å². The van der Waals surface area contributed by atoms with E-state index < -0.39 is 5.91 Å². The molecule has 0 fully saturated rings. The van der Waals surface area contributed by atoms with Gasteiger partial charge in [0.25, 0.3) is 11.8 Å². The van der Waals surface area contributed by atoms with E-state index >= 15 is 0 Å².